The first kappa shape index (κ1) is 17.3. The van der Waals surface area contributed by atoms with Crippen LogP contribution in [0.15, 0.2) is 0 Å². The summed E-state index contributed by atoms with van der Waals surface area (Å²) in [5.41, 5.74) is -0.163. The molecular weight excluding hydrogens is 324 g/mol. The molecule has 7 nitrogen and oxygen atoms in total. The zero-order chi connectivity index (χ0) is 16.6. The van der Waals surface area contributed by atoms with Gasteiger partial charge in [-0.1, -0.05) is 32.1 Å². The van der Waals surface area contributed by atoms with Crippen molar-refractivity contribution in [3.8, 4) is 0 Å². The Morgan fingerprint density at radius 2 is 1.86 bits per heavy atom. The van der Waals surface area contributed by atoms with Gasteiger partial charge in [-0.3, -0.25) is 10.1 Å². The number of carbonyl (C=O) groups excluding carboxylic acids is 1. The molecule has 1 aliphatic rings. The Kier molecular flexibility index (Phi) is 4.61. The highest BCUT2D eigenvalue weighted by atomic mass is 32.2. The Morgan fingerprint density at radius 3 is 2.32 bits per heavy atom. The maximum absolute atomic E-state index is 12.6. The summed E-state index contributed by atoms with van der Waals surface area (Å²) < 4.78 is 23.0. The summed E-state index contributed by atoms with van der Waals surface area (Å²) in [5.74, 6) is -0.506. The number of aromatic nitrogens is 2. The molecule has 1 amide bonds. The second-order valence-corrected chi connectivity index (χ2v) is 9.94. The summed E-state index contributed by atoms with van der Waals surface area (Å²) in [6, 6.07) is 0. The maximum atomic E-state index is 12.6. The van der Waals surface area contributed by atoms with E-state index in [1.54, 1.807) is 0 Å². The van der Waals surface area contributed by atoms with Crippen LogP contribution in [-0.2, 0) is 20.0 Å². The van der Waals surface area contributed by atoms with Crippen LogP contribution in [0.5, 0.6) is 0 Å². The molecule has 0 spiro atoms. The van der Waals surface area contributed by atoms with Crippen molar-refractivity contribution in [1.29, 1.82) is 0 Å². The van der Waals surface area contributed by atoms with Gasteiger partial charge < -0.3 is 5.32 Å². The average molecular weight is 346 g/mol. The van der Waals surface area contributed by atoms with Crippen molar-refractivity contribution in [1.82, 2.24) is 15.5 Å². The number of piperidine rings is 1. The van der Waals surface area contributed by atoms with E-state index in [4.69, 9.17) is 0 Å². The second kappa shape index (κ2) is 5.86. The highest BCUT2D eigenvalue weighted by Crippen LogP contribution is 2.32. The number of nitrogens with one attached hydrogen (secondary N) is 2. The zero-order valence-corrected chi connectivity index (χ0v) is 14.9. The highest BCUT2D eigenvalue weighted by Gasteiger charge is 2.49. The number of hydrogen-bond acceptors (Lipinski definition) is 7. The van der Waals surface area contributed by atoms with Crippen LogP contribution in [0.25, 0.3) is 0 Å². The molecule has 1 aromatic rings. The van der Waals surface area contributed by atoms with Gasteiger partial charge >= 0.3 is 0 Å². The van der Waals surface area contributed by atoms with Crippen LogP contribution >= 0.6 is 11.3 Å². The van der Waals surface area contributed by atoms with Crippen LogP contribution in [0.2, 0.25) is 0 Å². The van der Waals surface area contributed by atoms with Crippen molar-refractivity contribution < 1.29 is 13.2 Å². The van der Waals surface area contributed by atoms with Crippen molar-refractivity contribution in [2.24, 2.45) is 0 Å². The summed E-state index contributed by atoms with van der Waals surface area (Å²) in [7, 11) is -3.52. The van der Waals surface area contributed by atoms with Gasteiger partial charge in [0.15, 0.2) is 14.6 Å². The smallest absolute Gasteiger partial charge is 0.247 e. The lowest BCUT2D eigenvalue weighted by atomic mass is 9.96. The lowest BCUT2D eigenvalue weighted by Gasteiger charge is -2.33. The molecule has 0 bridgehead atoms. The SMILES string of the molecule is CC(C)(C)c1nnc(NC(=O)C2(S(C)(=O)=O)CCNCC2)s1. The van der Waals surface area contributed by atoms with E-state index in [1.807, 2.05) is 20.8 Å². The highest BCUT2D eigenvalue weighted by molar-refractivity contribution is 7.92. The third-order valence-electron chi connectivity index (χ3n) is 3.82. The molecule has 0 atom stereocenters. The summed E-state index contributed by atoms with van der Waals surface area (Å²) in [6.07, 6.45) is 1.66. The number of rotatable bonds is 3. The molecular formula is C13H22N4O3S2. The number of hydrogen-bond donors (Lipinski definition) is 2. The molecule has 22 heavy (non-hydrogen) atoms. The fourth-order valence-electron chi connectivity index (χ4n) is 2.38. The van der Waals surface area contributed by atoms with Crippen molar-refractivity contribution in [2.75, 3.05) is 24.7 Å². The minimum absolute atomic E-state index is 0.163. The number of anilines is 1. The Morgan fingerprint density at radius 1 is 1.27 bits per heavy atom. The van der Waals surface area contributed by atoms with Gasteiger partial charge in [-0.15, -0.1) is 10.2 Å². The molecule has 2 heterocycles. The molecule has 0 unspecified atom stereocenters. The average Bonchev–Trinajstić information content (AvgIpc) is 2.86. The number of amides is 1. The molecule has 1 fully saturated rings. The summed E-state index contributed by atoms with van der Waals surface area (Å²) >= 11 is 1.28. The molecule has 2 rings (SSSR count). The van der Waals surface area contributed by atoms with Crippen LogP contribution < -0.4 is 10.6 Å². The normalized spacial score (nSPS) is 18.9. The second-order valence-electron chi connectivity index (χ2n) is 6.63. The predicted octanol–water partition coefficient (Wildman–Crippen LogP) is 0.941. The van der Waals surface area contributed by atoms with Crippen LogP contribution in [0.1, 0.15) is 38.6 Å². The molecule has 0 aromatic carbocycles. The lowest BCUT2D eigenvalue weighted by Crippen LogP contribution is -2.55. The molecule has 0 saturated carbocycles. The van der Waals surface area contributed by atoms with E-state index in [0.29, 0.717) is 18.2 Å². The summed E-state index contributed by atoms with van der Waals surface area (Å²) in [4.78, 5) is 12.6. The van der Waals surface area contributed by atoms with Gasteiger partial charge in [0.1, 0.15) is 5.01 Å². The van der Waals surface area contributed by atoms with E-state index in [0.717, 1.165) is 11.3 Å². The monoisotopic (exact) mass is 346 g/mol. The van der Waals surface area contributed by atoms with Crippen molar-refractivity contribution in [3.63, 3.8) is 0 Å². The largest absolute Gasteiger partial charge is 0.317 e. The van der Waals surface area contributed by atoms with Gasteiger partial charge in [0.2, 0.25) is 11.0 Å². The van der Waals surface area contributed by atoms with Gasteiger partial charge in [0.25, 0.3) is 0 Å². The predicted molar refractivity (Wildman–Crippen MR) is 86.9 cm³/mol. The van der Waals surface area contributed by atoms with Gasteiger partial charge in [0.05, 0.1) is 0 Å². The Balaban J connectivity index is 2.24. The maximum Gasteiger partial charge on any atom is 0.247 e. The first-order chi connectivity index (χ1) is 10.1. The third kappa shape index (κ3) is 3.31. The topological polar surface area (TPSA) is 101 Å². The molecule has 9 heteroatoms. The molecule has 0 aliphatic carbocycles. The Labute approximate surface area is 134 Å². The molecule has 1 aromatic heterocycles. The van der Waals surface area contributed by atoms with Gasteiger partial charge in [-0.2, -0.15) is 0 Å². The first-order valence-corrected chi connectivity index (χ1v) is 9.83. The molecule has 1 aliphatic heterocycles. The van der Waals surface area contributed by atoms with E-state index >= 15 is 0 Å². The fraction of sp³-hybridized carbons (Fsp3) is 0.769. The molecule has 0 radical (unpaired) electrons. The van der Waals surface area contributed by atoms with E-state index in [-0.39, 0.29) is 18.3 Å². The minimum atomic E-state index is -3.52. The minimum Gasteiger partial charge on any atom is -0.317 e. The molecule has 124 valence electrons. The summed E-state index contributed by atoms with van der Waals surface area (Å²) in [5, 5.41) is 14.9. The van der Waals surface area contributed by atoms with Crippen LogP contribution in [0.3, 0.4) is 0 Å². The van der Waals surface area contributed by atoms with Crippen molar-refractivity contribution in [3.05, 3.63) is 5.01 Å². The number of sulfone groups is 1. The van der Waals surface area contributed by atoms with Crippen molar-refractivity contribution >= 4 is 32.2 Å². The fourth-order valence-corrected chi connectivity index (χ4v) is 4.51. The van der Waals surface area contributed by atoms with Crippen LogP contribution in [0.4, 0.5) is 5.13 Å². The Bertz CT molecular complexity index is 655. The van der Waals surface area contributed by atoms with E-state index in [2.05, 4.69) is 20.8 Å². The van der Waals surface area contributed by atoms with E-state index < -0.39 is 20.5 Å². The van der Waals surface area contributed by atoms with E-state index in [9.17, 15) is 13.2 Å². The quantitative estimate of drug-likeness (QED) is 0.845. The number of carbonyl (C=O) groups is 1. The molecule has 1 saturated heterocycles. The standard InChI is InChI=1S/C13H22N4O3S2/c1-12(2,3)10-16-17-11(21-10)15-9(18)13(22(4,19)20)5-7-14-8-6-13/h14H,5-8H2,1-4H3,(H,15,17,18). The van der Waals surface area contributed by atoms with Gasteiger partial charge in [-0.25, -0.2) is 8.42 Å². The van der Waals surface area contributed by atoms with E-state index in [1.165, 1.54) is 11.3 Å². The van der Waals surface area contributed by atoms with Crippen molar-refractivity contribution in [2.45, 2.75) is 43.8 Å². The zero-order valence-electron chi connectivity index (χ0n) is 13.3. The summed E-state index contributed by atoms with van der Waals surface area (Å²) in [6.45, 7) is 7.02. The van der Waals surface area contributed by atoms with Crippen LogP contribution in [-0.4, -0.2) is 48.6 Å². The Hall–Kier alpha value is -1.06. The first-order valence-electron chi connectivity index (χ1n) is 7.12. The third-order valence-corrected chi connectivity index (χ3v) is 7.10. The lowest BCUT2D eigenvalue weighted by molar-refractivity contribution is -0.119. The van der Waals surface area contributed by atoms with Gasteiger partial charge in [0, 0.05) is 11.7 Å². The number of nitrogens with zero attached hydrogens (tertiary/aromatic N) is 2. The van der Waals surface area contributed by atoms with Gasteiger partial charge in [-0.05, 0) is 25.9 Å². The molecule has 2 N–H and O–H groups in total. The van der Waals surface area contributed by atoms with Crippen LogP contribution in [0, 0.1) is 0 Å².